The fraction of sp³-hybridized carbons (Fsp3) is 0.385. The highest BCUT2D eigenvalue weighted by atomic mass is 79.9. The van der Waals surface area contributed by atoms with Gasteiger partial charge in [0.15, 0.2) is 0 Å². The number of carbonyl (C=O) groups excluding carboxylic acids is 2. The Balaban J connectivity index is 2.14. The number of imide groups is 1. The van der Waals surface area contributed by atoms with Crippen LogP contribution in [-0.4, -0.2) is 29.3 Å². The molecule has 1 aromatic carbocycles. The molecule has 19 heavy (non-hydrogen) atoms. The fourth-order valence-corrected chi connectivity index (χ4v) is 2.58. The molecule has 1 aliphatic rings. The Morgan fingerprint density at radius 3 is 2.89 bits per heavy atom. The second-order valence-corrected chi connectivity index (χ2v) is 5.70. The molecule has 0 aromatic heterocycles. The summed E-state index contributed by atoms with van der Waals surface area (Å²) in [7, 11) is 0. The van der Waals surface area contributed by atoms with Gasteiger partial charge in [-0.15, -0.1) is 0 Å². The molecule has 102 valence electrons. The zero-order valence-corrected chi connectivity index (χ0v) is 12.8. The minimum atomic E-state index is -0.506. The third-order valence-electron chi connectivity index (χ3n) is 2.95. The van der Waals surface area contributed by atoms with E-state index in [2.05, 4.69) is 21.2 Å². The molecule has 1 heterocycles. The number of likely N-dealkylation sites (tertiary alicyclic amines) is 1. The molecule has 1 fully saturated rings. The molecular weight excluding hydrogens is 332 g/mol. The van der Waals surface area contributed by atoms with Crippen LogP contribution in [0.15, 0.2) is 22.7 Å². The van der Waals surface area contributed by atoms with Crippen LogP contribution in [0, 0.1) is 0 Å². The molecule has 2 rings (SSSR count). The smallest absolute Gasteiger partial charge is 0.252 e. The number of anilines is 1. The van der Waals surface area contributed by atoms with Crippen LogP contribution in [0.25, 0.3) is 0 Å². The monoisotopic (exact) mass is 344 g/mol. The number of benzene rings is 1. The summed E-state index contributed by atoms with van der Waals surface area (Å²) in [5.74, 6) is -0.291. The van der Waals surface area contributed by atoms with E-state index in [9.17, 15) is 9.59 Å². The van der Waals surface area contributed by atoms with Gasteiger partial charge in [-0.25, -0.2) is 0 Å². The van der Waals surface area contributed by atoms with E-state index in [0.717, 1.165) is 16.6 Å². The van der Waals surface area contributed by atoms with Crippen molar-refractivity contribution in [2.45, 2.75) is 25.8 Å². The van der Waals surface area contributed by atoms with E-state index in [0.29, 0.717) is 11.6 Å². The van der Waals surface area contributed by atoms with Crippen LogP contribution in [0.1, 0.15) is 19.8 Å². The number of amides is 2. The van der Waals surface area contributed by atoms with Crippen LogP contribution in [-0.2, 0) is 9.59 Å². The molecule has 1 atom stereocenters. The van der Waals surface area contributed by atoms with E-state index in [4.69, 9.17) is 11.6 Å². The van der Waals surface area contributed by atoms with Crippen molar-refractivity contribution in [1.29, 1.82) is 0 Å². The summed E-state index contributed by atoms with van der Waals surface area (Å²) in [4.78, 5) is 25.2. The van der Waals surface area contributed by atoms with Crippen LogP contribution in [0.2, 0.25) is 5.02 Å². The first-order chi connectivity index (χ1) is 9.02. The predicted octanol–water partition coefficient (Wildman–Crippen LogP) is 3.05. The third kappa shape index (κ3) is 3.09. The molecule has 1 unspecified atom stereocenters. The number of hydrogen-bond acceptors (Lipinski definition) is 3. The first kappa shape index (κ1) is 14.3. The van der Waals surface area contributed by atoms with Crippen molar-refractivity contribution in [3.63, 3.8) is 0 Å². The molecule has 1 aliphatic heterocycles. The maximum Gasteiger partial charge on any atom is 0.252 e. The quantitative estimate of drug-likeness (QED) is 0.853. The molecule has 2 amide bonds. The summed E-state index contributed by atoms with van der Waals surface area (Å²) in [6.07, 6.45) is 0.961. The standard InChI is InChI=1S/C13H14BrClN2O2/c1-2-5-17-12(18)7-11(13(17)19)16-10-6-8(15)3-4-9(10)14/h3-4,6,11,16H,2,5,7H2,1H3. The lowest BCUT2D eigenvalue weighted by molar-refractivity contribution is -0.138. The van der Waals surface area contributed by atoms with Gasteiger partial charge in [0.25, 0.3) is 5.91 Å². The molecule has 4 nitrogen and oxygen atoms in total. The van der Waals surface area contributed by atoms with E-state index in [1.807, 2.05) is 6.92 Å². The van der Waals surface area contributed by atoms with Gasteiger partial charge in [0, 0.05) is 16.0 Å². The maximum atomic E-state index is 12.1. The zero-order chi connectivity index (χ0) is 14.0. The highest BCUT2D eigenvalue weighted by Gasteiger charge is 2.38. The second kappa shape index (κ2) is 5.92. The fourth-order valence-electron chi connectivity index (χ4n) is 2.05. The van der Waals surface area contributed by atoms with Crippen LogP contribution in [0.5, 0.6) is 0 Å². The Labute approximate surface area is 125 Å². The lowest BCUT2D eigenvalue weighted by atomic mass is 10.2. The van der Waals surface area contributed by atoms with Crippen molar-refractivity contribution >= 4 is 45.0 Å². The van der Waals surface area contributed by atoms with E-state index in [1.54, 1.807) is 18.2 Å². The number of carbonyl (C=O) groups is 2. The summed E-state index contributed by atoms with van der Waals surface area (Å²) >= 11 is 9.31. The van der Waals surface area contributed by atoms with Crippen LogP contribution in [0.3, 0.4) is 0 Å². The molecule has 1 N–H and O–H groups in total. The number of rotatable bonds is 4. The predicted molar refractivity (Wildman–Crippen MR) is 78.2 cm³/mol. The Kier molecular flexibility index (Phi) is 4.47. The van der Waals surface area contributed by atoms with Gasteiger partial charge in [0.05, 0.1) is 12.1 Å². The van der Waals surface area contributed by atoms with Gasteiger partial charge >= 0.3 is 0 Å². The Morgan fingerprint density at radius 1 is 1.47 bits per heavy atom. The van der Waals surface area contributed by atoms with Gasteiger partial charge in [0.2, 0.25) is 5.91 Å². The Morgan fingerprint density at radius 2 is 2.21 bits per heavy atom. The molecule has 1 aromatic rings. The van der Waals surface area contributed by atoms with E-state index in [-0.39, 0.29) is 18.2 Å². The molecule has 0 bridgehead atoms. The first-order valence-corrected chi connectivity index (χ1v) is 7.25. The molecule has 1 saturated heterocycles. The Hall–Kier alpha value is -1.07. The van der Waals surface area contributed by atoms with E-state index >= 15 is 0 Å². The van der Waals surface area contributed by atoms with Gasteiger partial charge in [-0.1, -0.05) is 18.5 Å². The first-order valence-electron chi connectivity index (χ1n) is 6.08. The van der Waals surface area contributed by atoms with E-state index in [1.165, 1.54) is 4.90 Å². The molecule has 6 heteroatoms. The second-order valence-electron chi connectivity index (χ2n) is 4.41. The van der Waals surface area contributed by atoms with E-state index < -0.39 is 6.04 Å². The molecule has 0 aliphatic carbocycles. The summed E-state index contributed by atoms with van der Waals surface area (Å²) in [6, 6.07) is 4.78. The average Bonchev–Trinajstić information content (AvgIpc) is 2.62. The van der Waals surface area contributed by atoms with Gasteiger partial charge < -0.3 is 5.32 Å². The van der Waals surface area contributed by atoms with Crippen LogP contribution >= 0.6 is 27.5 Å². The number of halogens is 2. The summed E-state index contributed by atoms with van der Waals surface area (Å²) in [5, 5.41) is 3.65. The Bertz CT molecular complexity index is 521. The normalized spacial score (nSPS) is 19.1. The van der Waals surface area contributed by atoms with Crippen molar-refractivity contribution in [1.82, 2.24) is 4.90 Å². The highest BCUT2D eigenvalue weighted by molar-refractivity contribution is 9.10. The SMILES string of the molecule is CCCN1C(=O)CC(Nc2cc(Cl)ccc2Br)C1=O. The number of hydrogen-bond donors (Lipinski definition) is 1. The lowest BCUT2D eigenvalue weighted by Crippen LogP contribution is -2.35. The maximum absolute atomic E-state index is 12.1. The molecule has 0 spiro atoms. The topological polar surface area (TPSA) is 49.4 Å². The van der Waals surface area contributed by atoms with Crippen molar-refractivity contribution in [2.24, 2.45) is 0 Å². The number of nitrogens with zero attached hydrogens (tertiary/aromatic N) is 1. The molecule has 0 radical (unpaired) electrons. The van der Waals surface area contributed by atoms with Gasteiger partial charge in [0.1, 0.15) is 6.04 Å². The highest BCUT2D eigenvalue weighted by Crippen LogP contribution is 2.28. The zero-order valence-electron chi connectivity index (χ0n) is 10.5. The average molecular weight is 346 g/mol. The van der Waals surface area contributed by atoms with Gasteiger partial charge in [-0.05, 0) is 40.5 Å². The summed E-state index contributed by atoms with van der Waals surface area (Å²) in [5.41, 5.74) is 0.719. The van der Waals surface area contributed by atoms with Crippen molar-refractivity contribution < 1.29 is 9.59 Å². The van der Waals surface area contributed by atoms with Crippen molar-refractivity contribution in [2.75, 3.05) is 11.9 Å². The lowest BCUT2D eigenvalue weighted by Gasteiger charge is -2.16. The largest absolute Gasteiger partial charge is 0.372 e. The molecule has 0 saturated carbocycles. The summed E-state index contributed by atoms with van der Waals surface area (Å²) in [6.45, 7) is 2.42. The van der Waals surface area contributed by atoms with Gasteiger partial charge in [-0.2, -0.15) is 0 Å². The van der Waals surface area contributed by atoms with Gasteiger partial charge in [-0.3, -0.25) is 14.5 Å². The van der Waals surface area contributed by atoms with Crippen molar-refractivity contribution in [3.8, 4) is 0 Å². The molecular formula is C13H14BrClN2O2. The van der Waals surface area contributed by atoms with Crippen LogP contribution in [0.4, 0.5) is 5.69 Å². The summed E-state index contributed by atoms with van der Waals surface area (Å²) < 4.78 is 0.811. The minimum Gasteiger partial charge on any atom is -0.372 e. The van der Waals surface area contributed by atoms with Crippen LogP contribution < -0.4 is 5.32 Å². The third-order valence-corrected chi connectivity index (χ3v) is 3.88. The number of nitrogens with one attached hydrogen (secondary N) is 1. The van der Waals surface area contributed by atoms with Crippen molar-refractivity contribution in [3.05, 3.63) is 27.7 Å². The minimum absolute atomic E-state index is 0.123.